The van der Waals surface area contributed by atoms with Crippen LogP contribution in [0.25, 0.3) is 0 Å². The van der Waals surface area contributed by atoms with Gasteiger partial charge < -0.3 is 9.47 Å². The van der Waals surface area contributed by atoms with Gasteiger partial charge in [0.05, 0.1) is 13.7 Å². The van der Waals surface area contributed by atoms with Gasteiger partial charge >= 0.3 is 6.16 Å². The van der Waals surface area contributed by atoms with E-state index in [2.05, 4.69) is 16.4 Å². The lowest BCUT2D eigenvalue weighted by atomic mass is 10.2. The van der Waals surface area contributed by atoms with Crippen molar-refractivity contribution in [1.29, 1.82) is 0 Å². The van der Waals surface area contributed by atoms with E-state index in [-0.39, 0.29) is 0 Å². The molecule has 0 aliphatic carbocycles. The second-order valence-electron chi connectivity index (χ2n) is 2.36. The molecule has 0 amide bonds. The topological polar surface area (TPSA) is 35.5 Å². The molecule has 0 N–H and O–H groups in total. The summed E-state index contributed by atoms with van der Waals surface area (Å²) in [5.74, 6) is 0. The molecular formula is C8H16O3. The van der Waals surface area contributed by atoms with Gasteiger partial charge in [0.1, 0.15) is 0 Å². The van der Waals surface area contributed by atoms with Crippen LogP contribution in [0.15, 0.2) is 0 Å². The molecule has 11 heavy (non-hydrogen) atoms. The van der Waals surface area contributed by atoms with E-state index in [1.165, 1.54) is 20.0 Å². The predicted octanol–water partition coefficient (Wildman–Crippen LogP) is 2.35. The van der Waals surface area contributed by atoms with Gasteiger partial charge in [0.25, 0.3) is 0 Å². The first-order chi connectivity index (χ1) is 5.31. The van der Waals surface area contributed by atoms with Crippen LogP contribution in [-0.2, 0) is 9.47 Å². The van der Waals surface area contributed by atoms with E-state index in [0.29, 0.717) is 6.61 Å². The Balaban J connectivity index is 2.95. The molecule has 0 aromatic carbocycles. The van der Waals surface area contributed by atoms with Gasteiger partial charge in [0, 0.05) is 0 Å². The SMILES string of the molecule is CCCCCCOC(=O)OC. The summed E-state index contributed by atoms with van der Waals surface area (Å²) in [6, 6.07) is 0. The van der Waals surface area contributed by atoms with Crippen LogP contribution in [0.4, 0.5) is 4.79 Å². The number of carbonyl (C=O) groups excluding carboxylic acids is 1. The van der Waals surface area contributed by atoms with Gasteiger partial charge in [-0.25, -0.2) is 4.79 Å². The zero-order chi connectivity index (χ0) is 8.53. The third-order valence-electron chi connectivity index (χ3n) is 1.38. The number of methoxy groups -OCH3 is 1. The molecule has 0 radical (unpaired) electrons. The summed E-state index contributed by atoms with van der Waals surface area (Å²) < 4.78 is 8.97. The molecule has 0 aliphatic rings. The minimum absolute atomic E-state index is 0.479. The molecule has 0 rings (SSSR count). The van der Waals surface area contributed by atoms with E-state index in [9.17, 15) is 4.79 Å². The van der Waals surface area contributed by atoms with Crippen molar-refractivity contribution in [2.75, 3.05) is 13.7 Å². The van der Waals surface area contributed by atoms with Crippen LogP contribution in [0, 0.1) is 0 Å². The molecule has 0 aliphatic heterocycles. The first kappa shape index (κ1) is 10.3. The molecular weight excluding hydrogens is 144 g/mol. The fraction of sp³-hybridized carbons (Fsp3) is 0.875. The summed E-state index contributed by atoms with van der Waals surface area (Å²) in [6.07, 6.45) is 3.86. The zero-order valence-corrected chi connectivity index (χ0v) is 7.26. The number of hydrogen-bond acceptors (Lipinski definition) is 3. The smallest absolute Gasteiger partial charge is 0.438 e. The Kier molecular flexibility index (Phi) is 6.89. The highest BCUT2D eigenvalue weighted by molar-refractivity contribution is 5.59. The number of unbranched alkanes of at least 4 members (excludes halogenated alkanes) is 3. The molecule has 0 bridgehead atoms. The average molecular weight is 160 g/mol. The fourth-order valence-electron chi connectivity index (χ4n) is 0.743. The van der Waals surface area contributed by atoms with Crippen molar-refractivity contribution in [2.45, 2.75) is 32.6 Å². The molecule has 0 heterocycles. The summed E-state index contributed by atoms with van der Waals surface area (Å²) >= 11 is 0. The minimum atomic E-state index is -0.582. The predicted molar refractivity (Wildman–Crippen MR) is 42.5 cm³/mol. The van der Waals surface area contributed by atoms with E-state index < -0.39 is 6.16 Å². The van der Waals surface area contributed by atoms with Gasteiger partial charge in [-0.05, 0) is 6.42 Å². The van der Waals surface area contributed by atoms with Gasteiger partial charge in [-0.2, -0.15) is 0 Å². The van der Waals surface area contributed by atoms with Crippen LogP contribution < -0.4 is 0 Å². The largest absolute Gasteiger partial charge is 0.507 e. The number of hydrogen-bond donors (Lipinski definition) is 0. The molecule has 0 aromatic rings. The lowest BCUT2D eigenvalue weighted by Crippen LogP contribution is -2.05. The van der Waals surface area contributed by atoms with Crippen molar-refractivity contribution >= 4 is 6.16 Å². The molecule has 0 fully saturated rings. The Morgan fingerprint density at radius 3 is 2.55 bits per heavy atom. The van der Waals surface area contributed by atoms with Gasteiger partial charge in [-0.3, -0.25) is 0 Å². The third kappa shape index (κ3) is 7.16. The maximum atomic E-state index is 10.4. The van der Waals surface area contributed by atoms with Gasteiger partial charge in [-0.1, -0.05) is 26.2 Å². The number of ether oxygens (including phenoxy) is 2. The zero-order valence-electron chi connectivity index (χ0n) is 7.26. The Bertz CT molecular complexity index is 102. The molecule has 0 spiro atoms. The van der Waals surface area contributed by atoms with Crippen LogP contribution in [0.3, 0.4) is 0 Å². The molecule has 3 heteroatoms. The van der Waals surface area contributed by atoms with Crippen molar-refractivity contribution in [3.8, 4) is 0 Å². The quantitative estimate of drug-likeness (QED) is 0.457. The summed E-state index contributed by atoms with van der Waals surface area (Å²) in [4.78, 5) is 10.4. The fourth-order valence-corrected chi connectivity index (χ4v) is 0.743. The highest BCUT2D eigenvalue weighted by Crippen LogP contribution is 1.99. The first-order valence-corrected chi connectivity index (χ1v) is 4.02. The van der Waals surface area contributed by atoms with E-state index >= 15 is 0 Å². The van der Waals surface area contributed by atoms with Gasteiger partial charge in [0.15, 0.2) is 0 Å². The van der Waals surface area contributed by atoms with Crippen LogP contribution in [0.2, 0.25) is 0 Å². The maximum Gasteiger partial charge on any atom is 0.507 e. The Labute approximate surface area is 67.7 Å². The van der Waals surface area contributed by atoms with Crippen LogP contribution >= 0.6 is 0 Å². The van der Waals surface area contributed by atoms with Crippen molar-refractivity contribution in [2.24, 2.45) is 0 Å². The average Bonchev–Trinajstić information content (AvgIpc) is 2.04. The summed E-state index contributed by atoms with van der Waals surface area (Å²) in [5.41, 5.74) is 0. The second-order valence-corrected chi connectivity index (χ2v) is 2.36. The van der Waals surface area contributed by atoms with Crippen LogP contribution in [-0.4, -0.2) is 19.9 Å². The molecule has 0 saturated heterocycles. The minimum Gasteiger partial charge on any atom is -0.438 e. The Morgan fingerprint density at radius 1 is 1.27 bits per heavy atom. The molecule has 0 saturated carbocycles. The summed E-state index contributed by atoms with van der Waals surface area (Å²) in [7, 11) is 1.31. The van der Waals surface area contributed by atoms with Crippen LogP contribution in [0.5, 0.6) is 0 Å². The van der Waals surface area contributed by atoms with Crippen molar-refractivity contribution in [1.82, 2.24) is 0 Å². The highest BCUT2D eigenvalue weighted by atomic mass is 16.7. The molecule has 0 unspecified atom stereocenters. The molecule has 66 valence electrons. The second kappa shape index (κ2) is 7.38. The normalized spacial score (nSPS) is 9.27. The lowest BCUT2D eigenvalue weighted by Gasteiger charge is -2.01. The highest BCUT2D eigenvalue weighted by Gasteiger charge is 1.97. The first-order valence-electron chi connectivity index (χ1n) is 4.02. The van der Waals surface area contributed by atoms with Crippen molar-refractivity contribution < 1.29 is 14.3 Å². The van der Waals surface area contributed by atoms with E-state index in [4.69, 9.17) is 0 Å². The van der Waals surface area contributed by atoms with E-state index in [1.807, 2.05) is 0 Å². The van der Waals surface area contributed by atoms with E-state index in [1.54, 1.807) is 0 Å². The lowest BCUT2D eigenvalue weighted by molar-refractivity contribution is 0.0713. The molecule has 0 atom stereocenters. The van der Waals surface area contributed by atoms with Crippen LogP contribution in [0.1, 0.15) is 32.6 Å². The monoisotopic (exact) mass is 160 g/mol. The Morgan fingerprint density at radius 2 is 2.00 bits per heavy atom. The molecule has 3 nitrogen and oxygen atoms in total. The molecule has 0 aromatic heterocycles. The number of carbonyl (C=O) groups is 1. The van der Waals surface area contributed by atoms with Gasteiger partial charge in [0.2, 0.25) is 0 Å². The van der Waals surface area contributed by atoms with E-state index in [0.717, 1.165) is 12.8 Å². The van der Waals surface area contributed by atoms with Crippen molar-refractivity contribution in [3.05, 3.63) is 0 Å². The summed E-state index contributed by atoms with van der Waals surface area (Å²) in [6.45, 7) is 2.62. The van der Waals surface area contributed by atoms with Crippen molar-refractivity contribution in [3.63, 3.8) is 0 Å². The maximum absolute atomic E-state index is 10.4. The summed E-state index contributed by atoms with van der Waals surface area (Å²) in [5, 5.41) is 0. The van der Waals surface area contributed by atoms with Gasteiger partial charge in [-0.15, -0.1) is 0 Å². The standard InChI is InChI=1S/C8H16O3/c1-3-4-5-6-7-11-8(9)10-2/h3-7H2,1-2H3. The number of rotatable bonds is 5. The third-order valence-corrected chi connectivity index (χ3v) is 1.38. The Hall–Kier alpha value is -0.730.